The Morgan fingerprint density at radius 3 is 2.55 bits per heavy atom. The Hall–Kier alpha value is -0.660. The number of ether oxygens (including phenoxy) is 1. The van der Waals surface area contributed by atoms with Gasteiger partial charge < -0.3 is 9.64 Å². The number of carbonyl (C=O) groups is 1. The van der Waals surface area contributed by atoms with Gasteiger partial charge in [0, 0.05) is 32.1 Å². The van der Waals surface area contributed by atoms with E-state index in [9.17, 15) is 13.2 Å². The van der Waals surface area contributed by atoms with Crippen LogP contribution in [0.5, 0.6) is 0 Å². The maximum Gasteiger partial charge on any atom is 0.225 e. The first kappa shape index (κ1) is 16.2. The van der Waals surface area contributed by atoms with Gasteiger partial charge in [0.1, 0.15) is 0 Å². The van der Waals surface area contributed by atoms with E-state index in [0.29, 0.717) is 38.8 Å². The summed E-state index contributed by atoms with van der Waals surface area (Å²) in [5.74, 6) is 1.16. The van der Waals surface area contributed by atoms with Crippen molar-refractivity contribution in [2.75, 3.05) is 45.1 Å². The summed E-state index contributed by atoms with van der Waals surface area (Å²) in [4.78, 5) is 14.2. The molecule has 0 aromatic heterocycles. The number of sulfonamides is 1. The maximum atomic E-state index is 12.5. The minimum absolute atomic E-state index is 0.0691. The molecule has 1 aliphatic carbocycles. The van der Waals surface area contributed by atoms with Gasteiger partial charge >= 0.3 is 0 Å². The predicted octanol–water partition coefficient (Wildman–Crippen LogP) is 0.543. The van der Waals surface area contributed by atoms with Gasteiger partial charge in [-0.15, -0.1) is 0 Å². The second kappa shape index (κ2) is 6.45. The molecule has 22 heavy (non-hydrogen) atoms. The van der Waals surface area contributed by atoms with E-state index in [4.69, 9.17) is 4.74 Å². The van der Waals surface area contributed by atoms with Crippen LogP contribution in [0.2, 0.25) is 0 Å². The lowest BCUT2D eigenvalue weighted by molar-refractivity contribution is -0.134. The molecule has 1 amide bonds. The van der Waals surface area contributed by atoms with E-state index in [0.717, 1.165) is 25.8 Å². The van der Waals surface area contributed by atoms with Crippen LogP contribution in [0.25, 0.3) is 0 Å². The normalized spacial score (nSPS) is 33.7. The summed E-state index contributed by atoms with van der Waals surface area (Å²) >= 11 is 0. The van der Waals surface area contributed by atoms with Crippen molar-refractivity contribution in [2.24, 2.45) is 17.8 Å². The van der Waals surface area contributed by atoms with E-state index in [1.165, 1.54) is 0 Å². The van der Waals surface area contributed by atoms with Crippen molar-refractivity contribution >= 4 is 15.9 Å². The second-order valence-electron chi connectivity index (χ2n) is 6.90. The van der Waals surface area contributed by atoms with Gasteiger partial charge in [0.15, 0.2) is 0 Å². The van der Waals surface area contributed by atoms with Gasteiger partial charge in [-0.25, -0.2) is 8.42 Å². The summed E-state index contributed by atoms with van der Waals surface area (Å²) in [6, 6.07) is 0. The first-order valence-corrected chi connectivity index (χ1v) is 9.92. The van der Waals surface area contributed by atoms with Crippen molar-refractivity contribution < 1.29 is 17.9 Å². The zero-order valence-corrected chi connectivity index (χ0v) is 14.1. The van der Waals surface area contributed by atoms with E-state index in [2.05, 4.69) is 6.92 Å². The van der Waals surface area contributed by atoms with Crippen molar-refractivity contribution in [2.45, 2.75) is 26.2 Å². The molecule has 2 saturated heterocycles. The first-order valence-electron chi connectivity index (χ1n) is 8.32. The Bertz CT molecular complexity index is 516. The third-order valence-electron chi connectivity index (χ3n) is 5.07. The Morgan fingerprint density at radius 1 is 1.23 bits per heavy atom. The minimum atomic E-state index is -3.23. The molecule has 0 bridgehead atoms. The highest BCUT2D eigenvalue weighted by atomic mass is 32.2. The monoisotopic (exact) mass is 330 g/mol. The molecule has 1 saturated carbocycles. The zero-order chi connectivity index (χ0) is 15.7. The molecule has 0 aromatic carbocycles. The molecule has 7 heteroatoms. The number of rotatable bonds is 4. The number of likely N-dealkylation sites (tertiary alicyclic amines) is 1. The number of nitrogens with zero attached hydrogens (tertiary/aromatic N) is 2. The molecular weight excluding hydrogens is 304 g/mol. The topological polar surface area (TPSA) is 66.9 Å². The van der Waals surface area contributed by atoms with Gasteiger partial charge in [-0.3, -0.25) is 4.79 Å². The number of carbonyl (C=O) groups excluding carboxylic acids is 1. The van der Waals surface area contributed by atoms with Gasteiger partial charge in [-0.2, -0.15) is 4.31 Å². The van der Waals surface area contributed by atoms with Crippen LogP contribution in [0.15, 0.2) is 0 Å². The summed E-state index contributed by atoms with van der Waals surface area (Å²) in [6.07, 6.45) is 2.80. The van der Waals surface area contributed by atoms with E-state index < -0.39 is 10.0 Å². The van der Waals surface area contributed by atoms with E-state index in [-0.39, 0.29) is 23.5 Å². The Balaban J connectivity index is 1.56. The summed E-state index contributed by atoms with van der Waals surface area (Å²) in [7, 11) is -3.23. The summed E-state index contributed by atoms with van der Waals surface area (Å²) in [5, 5.41) is 0. The van der Waals surface area contributed by atoms with Crippen molar-refractivity contribution in [1.82, 2.24) is 9.21 Å². The third kappa shape index (κ3) is 3.63. The molecule has 3 rings (SSSR count). The molecule has 2 aliphatic heterocycles. The number of amides is 1. The van der Waals surface area contributed by atoms with Gasteiger partial charge in [0.2, 0.25) is 15.9 Å². The highest BCUT2D eigenvalue weighted by molar-refractivity contribution is 7.89. The molecule has 2 heterocycles. The molecule has 6 nitrogen and oxygen atoms in total. The van der Waals surface area contributed by atoms with Crippen LogP contribution in [-0.4, -0.2) is 68.7 Å². The first-order chi connectivity index (χ1) is 10.5. The average Bonchev–Trinajstić information content (AvgIpc) is 3.24. The molecule has 3 atom stereocenters. The number of hydrogen-bond acceptors (Lipinski definition) is 4. The van der Waals surface area contributed by atoms with Crippen LogP contribution in [0, 0.1) is 17.8 Å². The van der Waals surface area contributed by atoms with Gasteiger partial charge in [0.05, 0.1) is 19.0 Å². The van der Waals surface area contributed by atoms with Crippen molar-refractivity contribution in [3.05, 3.63) is 0 Å². The quantitative estimate of drug-likeness (QED) is 0.755. The Kier molecular flexibility index (Phi) is 4.75. The Morgan fingerprint density at radius 2 is 1.91 bits per heavy atom. The van der Waals surface area contributed by atoms with Crippen LogP contribution in [0.3, 0.4) is 0 Å². The lowest BCUT2D eigenvalue weighted by atomic mass is 9.99. The molecule has 126 valence electrons. The van der Waals surface area contributed by atoms with Crippen LogP contribution in [0.1, 0.15) is 26.2 Å². The average molecular weight is 330 g/mol. The van der Waals surface area contributed by atoms with Crippen LogP contribution in [-0.2, 0) is 19.6 Å². The van der Waals surface area contributed by atoms with E-state index in [1.54, 1.807) is 4.31 Å². The number of hydrogen-bond donors (Lipinski definition) is 0. The fraction of sp³-hybridized carbons (Fsp3) is 0.933. The van der Waals surface area contributed by atoms with E-state index in [1.807, 2.05) is 4.90 Å². The second-order valence-corrected chi connectivity index (χ2v) is 8.92. The lowest BCUT2D eigenvalue weighted by Gasteiger charge is -2.34. The lowest BCUT2D eigenvalue weighted by Crippen LogP contribution is -2.46. The van der Waals surface area contributed by atoms with Crippen LogP contribution >= 0.6 is 0 Å². The summed E-state index contributed by atoms with van der Waals surface area (Å²) in [6.45, 7) is 5.37. The molecule has 0 aromatic rings. The minimum Gasteiger partial charge on any atom is -0.379 e. The fourth-order valence-corrected chi connectivity index (χ4v) is 5.31. The highest BCUT2D eigenvalue weighted by Gasteiger charge is 2.42. The molecule has 0 unspecified atom stereocenters. The predicted molar refractivity (Wildman–Crippen MR) is 82.8 cm³/mol. The van der Waals surface area contributed by atoms with Crippen LogP contribution in [0.4, 0.5) is 0 Å². The standard InChI is InChI=1S/C15H26N2O4S/c1-12-9-14(12)15(18)16-4-2-3-13(10-16)11-22(19,20)17-5-7-21-8-6-17/h12-14H,2-11H2,1H3/t12-,13-,14-/m1/s1. The molecular formula is C15H26N2O4S. The fourth-order valence-electron chi connectivity index (χ4n) is 3.53. The molecule has 3 aliphatic rings. The van der Waals surface area contributed by atoms with Gasteiger partial charge in [-0.1, -0.05) is 6.92 Å². The van der Waals surface area contributed by atoms with Gasteiger partial charge in [0.25, 0.3) is 0 Å². The van der Waals surface area contributed by atoms with Crippen molar-refractivity contribution in [1.29, 1.82) is 0 Å². The number of morpholine rings is 1. The third-order valence-corrected chi connectivity index (χ3v) is 7.11. The molecule has 0 spiro atoms. The largest absolute Gasteiger partial charge is 0.379 e. The molecule has 0 radical (unpaired) electrons. The summed E-state index contributed by atoms with van der Waals surface area (Å²) in [5.41, 5.74) is 0. The van der Waals surface area contributed by atoms with Crippen molar-refractivity contribution in [3.63, 3.8) is 0 Å². The molecule has 3 fully saturated rings. The Labute approximate surface area is 132 Å². The highest BCUT2D eigenvalue weighted by Crippen LogP contribution is 2.39. The van der Waals surface area contributed by atoms with Gasteiger partial charge in [-0.05, 0) is 31.1 Å². The zero-order valence-electron chi connectivity index (χ0n) is 13.2. The van der Waals surface area contributed by atoms with Crippen LogP contribution < -0.4 is 0 Å². The van der Waals surface area contributed by atoms with Crippen molar-refractivity contribution in [3.8, 4) is 0 Å². The maximum absolute atomic E-state index is 12.5. The summed E-state index contributed by atoms with van der Waals surface area (Å²) < 4.78 is 31.8. The molecule has 0 N–H and O–H groups in total. The van der Waals surface area contributed by atoms with E-state index >= 15 is 0 Å². The SMILES string of the molecule is C[C@@H]1C[C@H]1C(=O)N1CCC[C@@H](CS(=O)(=O)N2CCOCC2)C1. The smallest absolute Gasteiger partial charge is 0.225 e. The number of piperidine rings is 1.